The molecule has 2 aromatic rings. The van der Waals surface area contributed by atoms with Gasteiger partial charge in [-0.1, -0.05) is 29.8 Å². The van der Waals surface area contributed by atoms with Gasteiger partial charge in [-0.25, -0.2) is 4.98 Å². The third-order valence-corrected chi connectivity index (χ3v) is 3.38. The lowest BCUT2D eigenvalue weighted by Gasteiger charge is -2.00. The molecule has 0 amide bonds. The van der Waals surface area contributed by atoms with Crippen LogP contribution in [0.1, 0.15) is 34.8 Å². The van der Waals surface area contributed by atoms with E-state index >= 15 is 0 Å². The predicted molar refractivity (Wildman–Crippen MR) is 68.7 cm³/mol. The Morgan fingerprint density at radius 1 is 1.31 bits per heavy atom. The molecule has 2 N–H and O–H groups in total. The van der Waals surface area contributed by atoms with Gasteiger partial charge in [0.25, 0.3) is 0 Å². The quantitative estimate of drug-likeness (QED) is 0.883. The van der Waals surface area contributed by atoms with Crippen LogP contribution in [0, 0.1) is 6.92 Å². The van der Waals surface area contributed by atoms with Crippen molar-refractivity contribution in [2.75, 3.05) is 0 Å². The van der Waals surface area contributed by atoms with Crippen molar-refractivity contribution in [1.82, 2.24) is 4.98 Å². The van der Waals surface area contributed by atoms with Crippen molar-refractivity contribution in [2.45, 2.75) is 26.3 Å². The third-order valence-electron chi connectivity index (χ3n) is 2.51. The standard InChI is InChI=1S/C13H16N2S/c1-9-3-5-11(6-4-9)7-13-15-12(8-16-13)10(2)14/h3-6,8,10H,7,14H2,1-2H3. The molecule has 0 saturated heterocycles. The van der Waals surface area contributed by atoms with E-state index in [1.54, 1.807) is 11.3 Å². The maximum Gasteiger partial charge on any atom is 0.0972 e. The first-order chi connectivity index (χ1) is 7.65. The molecule has 0 radical (unpaired) electrons. The van der Waals surface area contributed by atoms with E-state index < -0.39 is 0 Å². The Bertz CT molecular complexity index is 457. The van der Waals surface area contributed by atoms with Crippen LogP contribution in [0.4, 0.5) is 0 Å². The molecule has 1 unspecified atom stereocenters. The van der Waals surface area contributed by atoms with Crippen LogP contribution in [0.3, 0.4) is 0 Å². The number of nitrogens with zero attached hydrogens (tertiary/aromatic N) is 1. The molecule has 0 fully saturated rings. The van der Waals surface area contributed by atoms with Gasteiger partial charge < -0.3 is 5.73 Å². The number of hydrogen-bond donors (Lipinski definition) is 1. The lowest BCUT2D eigenvalue weighted by molar-refractivity contribution is 0.784. The molecule has 2 nitrogen and oxygen atoms in total. The Morgan fingerprint density at radius 2 is 2.00 bits per heavy atom. The number of aromatic nitrogens is 1. The van der Waals surface area contributed by atoms with Crippen LogP contribution < -0.4 is 5.73 Å². The zero-order valence-electron chi connectivity index (χ0n) is 9.60. The summed E-state index contributed by atoms with van der Waals surface area (Å²) in [6, 6.07) is 8.61. The summed E-state index contributed by atoms with van der Waals surface area (Å²) in [4.78, 5) is 4.52. The summed E-state index contributed by atoms with van der Waals surface area (Å²) >= 11 is 1.69. The molecule has 84 valence electrons. The first-order valence-corrected chi connectivity index (χ1v) is 6.28. The second kappa shape index (κ2) is 4.76. The van der Waals surface area contributed by atoms with Gasteiger partial charge in [0.2, 0.25) is 0 Å². The third kappa shape index (κ3) is 2.68. The summed E-state index contributed by atoms with van der Waals surface area (Å²) in [6.07, 6.45) is 0.900. The maximum absolute atomic E-state index is 5.78. The van der Waals surface area contributed by atoms with Gasteiger partial charge in [-0.05, 0) is 19.4 Å². The molecular formula is C13H16N2S. The Hall–Kier alpha value is -1.19. The van der Waals surface area contributed by atoms with Crippen molar-refractivity contribution in [2.24, 2.45) is 5.73 Å². The number of aryl methyl sites for hydroxylation is 1. The van der Waals surface area contributed by atoms with Gasteiger partial charge in [-0.15, -0.1) is 11.3 Å². The van der Waals surface area contributed by atoms with E-state index in [0.29, 0.717) is 0 Å². The van der Waals surface area contributed by atoms with Crippen molar-refractivity contribution < 1.29 is 0 Å². The normalized spacial score (nSPS) is 12.7. The minimum Gasteiger partial charge on any atom is -0.323 e. The molecule has 0 saturated carbocycles. The van der Waals surface area contributed by atoms with E-state index in [9.17, 15) is 0 Å². The van der Waals surface area contributed by atoms with Crippen LogP contribution in [0.2, 0.25) is 0 Å². The maximum atomic E-state index is 5.78. The highest BCUT2D eigenvalue weighted by molar-refractivity contribution is 7.09. The van der Waals surface area contributed by atoms with Crippen molar-refractivity contribution >= 4 is 11.3 Å². The van der Waals surface area contributed by atoms with Crippen molar-refractivity contribution in [3.05, 3.63) is 51.5 Å². The van der Waals surface area contributed by atoms with Crippen molar-refractivity contribution in [3.63, 3.8) is 0 Å². The SMILES string of the molecule is Cc1ccc(Cc2nc(C(C)N)cs2)cc1. The monoisotopic (exact) mass is 232 g/mol. The molecule has 0 aliphatic rings. The van der Waals surface area contributed by atoms with Crippen LogP contribution in [-0.2, 0) is 6.42 Å². The summed E-state index contributed by atoms with van der Waals surface area (Å²) in [5.74, 6) is 0. The Morgan fingerprint density at radius 3 is 2.56 bits per heavy atom. The van der Waals surface area contributed by atoms with Crippen LogP contribution in [0.5, 0.6) is 0 Å². The van der Waals surface area contributed by atoms with E-state index in [2.05, 4.69) is 36.2 Å². The number of rotatable bonds is 3. The fraction of sp³-hybridized carbons (Fsp3) is 0.308. The highest BCUT2D eigenvalue weighted by Gasteiger charge is 2.06. The molecule has 0 spiro atoms. The van der Waals surface area contributed by atoms with Crippen LogP contribution in [-0.4, -0.2) is 4.98 Å². The number of hydrogen-bond acceptors (Lipinski definition) is 3. The summed E-state index contributed by atoms with van der Waals surface area (Å²) in [5.41, 5.74) is 9.37. The summed E-state index contributed by atoms with van der Waals surface area (Å²) in [7, 11) is 0. The van der Waals surface area contributed by atoms with Gasteiger partial charge in [0.05, 0.1) is 10.7 Å². The zero-order chi connectivity index (χ0) is 11.5. The average Bonchev–Trinajstić information content (AvgIpc) is 2.70. The molecule has 3 heteroatoms. The van der Waals surface area contributed by atoms with E-state index in [0.717, 1.165) is 17.1 Å². The lowest BCUT2D eigenvalue weighted by atomic mass is 10.1. The number of thiazole rings is 1. The van der Waals surface area contributed by atoms with Gasteiger partial charge >= 0.3 is 0 Å². The van der Waals surface area contributed by atoms with Crippen LogP contribution >= 0.6 is 11.3 Å². The Balaban J connectivity index is 2.11. The highest BCUT2D eigenvalue weighted by atomic mass is 32.1. The zero-order valence-corrected chi connectivity index (χ0v) is 10.4. The first-order valence-electron chi connectivity index (χ1n) is 5.40. The lowest BCUT2D eigenvalue weighted by Crippen LogP contribution is -2.05. The minimum atomic E-state index is 0.0306. The number of nitrogens with two attached hydrogens (primary N) is 1. The van der Waals surface area contributed by atoms with E-state index in [4.69, 9.17) is 5.73 Å². The first kappa shape index (κ1) is 11.3. The van der Waals surface area contributed by atoms with Crippen LogP contribution in [0.25, 0.3) is 0 Å². The summed E-state index contributed by atoms with van der Waals surface area (Å²) in [6.45, 7) is 4.06. The van der Waals surface area contributed by atoms with Crippen molar-refractivity contribution in [3.8, 4) is 0 Å². The molecule has 1 aromatic carbocycles. The van der Waals surface area contributed by atoms with Gasteiger partial charge in [-0.2, -0.15) is 0 Å². The smallest absolute Gasteiger partial charge is 0.0972 e. The molecule has 1 aromatic heterocycles. The van der Waals surface area contributed by atoms with E-state index in [-0.39, 0.29) is 6.04 Å². The molecular weight excluding hydrogens is 216 g/mol. The van der Waals surface area contributed by atoms with E-state index in [1.807, 2.05) is 12.3 Å². The second-order valence-corrected chi connectivity index (χ2v) is 5.06. The molecule has 0 bridgehead atoms. The topological polar surface area (TPSA) is 38.9 Å². The molecule has 0 aliphatic carbocycles. The van der Waals surface area contributed by atoms with Gasteiger partial charge in [-0.3, -0.25) is 0 Å². The van der Waals surface area contributed by atoms with Gasteiger partial charge in [0, 0.05) is 17.8 Å². The summed E-state index contributed by atoms with van der Waals surface area (Å²) in [5, 5.41) is 3.19. The molecule has 1 heterocycles. The average molecular weight is 232 g/mol. The minimum absolute atomic E-state index is 0.0306. The molecule has 0 aliphatic heterocycles. The molecule has 16 heavy (non-hydrogen) atoms. The number of benzene rings is 1. The molecule has 2 rings (SSSR count). The Kier molecular flexibility index (Phi) is 3.36. The molecule has 1 atom stereocenters. The predicted octanol–water partition coefficient (Wildman–Crippen LogP) is 3.06. The van der Waals surface area contributed by atoms with Gasteiger partial charge in [0.1, 0.15) is 0 Å². The highest BCUT2D eigenvalue weighted by Crippen LogP contribution is 2.18. The van der Waals surface area contributed by atoms with Crippen LogP contribution in [0.15, 0.2) is 29.6 Å². The van der Waals surface area contributed by atoms with Crippen molar-refractivity contribution in [1.29, 1.82) is 0 Å². The largest absolute Gasteiger partial charge is 0.323 e. The fourth-order valence-electron chi connectivity index (χ4n) is 1.50. The van der Waals surface area contributed by atoms with Gasteiger partial charge in [0.15, 0.2) is 0 Å². The Labute approximate surface area is 100 Å². The van der Waals surface area contributed by atoms with E-state index in [1.165, 1.54) is 11.1 Å². The summed E-state index contributed by atoms with van der Waals surface area (Å²) < 4.78 is 0. The fourth-order valence-corrected chi connectivity index (χ4v) is 2.43. The second-order valence-electron chi connectivity index (χ2n) is 4.12.